The SMILES string of the molecule is Cc1cc(N(C)CCN(C)C)ccc1CNCC(C)C. The number of nitrogens with one attached hydrogen (secondary N) is 1. The molecule has 0 bridgehead atoms. The number of hydrogen-bond donors (Lipinski definition) is 1. The molecule has 3 nitrogen and oxygen atoms in total. The van der Waals surface area contributed by atoms with E-state index in [-0.39, 0.29) is 0 Å². The van der Waals surface area contributed by atoms with E-state index in [1.807, 2.05) is 0 Å². The fraction of sp³-hybridized carbons (Fsp3) is 0.647. The van der Waals surface area contributed by atoms with Crippen LogP contribution in [0.5, 0.6) is 0 Å². The van der Waals surface area contributed by atoms with Gasteiger partial charge in [-0.15, -0.1) is 0 Å². The maximum absolute atomic E-state index is 3.51. The molecule has 0 heterocycles. The van der Waals surface area contributed by atoms with Gasteiger partial charge in [0.25, 0.3) is 0 Å². The lowest BCUT2D eigenvalue weighted by Crippen LogP contribution is -2.28. The van der Waals surface area contributed by atoms with Gasteiger partial charge in [-0.1, -0.05) is 19.9 Å². The summed E-state index contributed by atoms with van der Waals surface area (Å²) < 4.78 is 0. The first-order chi connectivity index (χ1) is 9.40. The normalized spacial score (nSPS) is 11.4. The summed E-state index contributed by atoms with van der Waals surface area (Å²) in [6.07, 6.45) is 0. The topological polar surface area (TPSA) is 18.5 Å². The molecule has 1 N–H and O–H groups in total. The van der Waals surface area contributed by atoms with E-state index in [1.54, 1.807) is 0 Å². The van der Waals surface area contributed by atoms with E-state index in [1.165, 1.54) is 16.8 Å². The van der Waals surface area contributed by atoms with Crippen LogP contribution in [0.3, 0.4) is 0 Å². The Morgan fingerprint density at radius 2 is 1.80 bits per heavy atom. The summed E-state index contributed by atoms with van der Waals surface area (Å²) in [5.74, 6) is 0.701. The summed E-state index contributed by atoms with van der Waals surface area (Å²) in [6.45, 7) is 10.8. The summed E-state index contributed by atoms with van der Waals surface area (Å²) >= 11 is 0. The van der Waals surface area contributed by atoms with Crippen molar-refractivity contribution in [2.45, 2.75) is 27.3 Å². The first-order valence-corrected chi connectivity index (χ1v) is 7.56. The Morgan fingerprint density at radius 1 is 1.10 bits per heavy atom. The second-order valence-corrected chi connectivity index (χ2v) is 6.36. The van der Waals surface area contributed by atoms with Crippen LogP contribution in [0.4, 0.5) is 5.69 Å². The predicted octanol–water partition coefficient (Wildman–Crippen LogP) is 2.74. The highest BCUT2D eigenvalue weighted by molar-refractivity contribution is 5.50. The monoisotopic (exact) mass is 277 g/mol. The maximum atomic E-state index is 3.51. The van der Waals surface area contributed by atoms with Crippen molar-refractivity contribution >= 4 is 5.69 Å². The van der Waals surface area contributed by atoms with Crippen LogP contribution in [0.2, 0.25) is 0 Å². The molecule has 0 aliphatic heterocycles. The average Bonchev–Trinajstić information content (AvgIpc) is 2.37. The fourth-order valence-electron chi connectivity index (χ4n) is 2.09. The lowest BCUT2D eigenvalue weighted by molar-refractivity contribution is 0.416. The van der Waals surface area contributed by atoms with Gasteiger partial charge in [0.15, 0.2) is 0 Å². The van der Waals surface area contributed by atoms with Crippen molar-refractivity contribution in [2.24, 2.45) is 5.92 Å². The Labute approximate surface area is 125 Å². The van der Waals surface area contributed by atoms with Gasteiger partial charge < -0.3 is 15.1 Å². The Hall–Kier alpha value is -1.06. The van der Waals surface area contributed by atoms with E-state index in [2.05, 4.69) is 75.2 Å². The van der Waals surface area contributed by atoms with Gasteiger partial charge in [0.2, 0.25) is 0 Å². The minimum Gasteiger partial charge on any atom is -0.373 e. The fourth-order valence-corrected chi connectivity index (χ4v) is 2.09. The van der Waals surface area contributed by atoms with Crippen molar-refractivity contribution in [1.82, 2.24) is 10.2 Å². The van der Waals surface area contributed by atoms with Crippen molar-refractivity contribution in [3.8, 4) is 0 Å². The first-order valence-electron chi connectivity index (χ1n) is 7.56. The molecule has 0 fully saturated rings. The van der Waals surface area contributed by atoms with Crippen LogP contribution in [0.15, 0.2) is 18.2 Å². The molecule has 1 aromatic carbocycles. The molecule has 0 atom stereocenters. The highest BCUT2D eigenvalue weighted by Crippen LogP contribution is 2.18. The highest BCUT2D eigenvalue weighted by atomic mass is 15.1. The molecular formula is C17H31N3. The summed E-state index contributed by atoms with van der Waals surface area (Å²) in [6, 6.07) is 6.78. The standard InChI is InChI=1S/C17H31N3/c1-14(2)12-18-13-16-7-8-17(11-15(16)3)20(6)10-9-19(4)5/h7-8,11,14,18H,9-10,12-13H2,1-6H3. The molecule has 0 aliphatic carbocycles. The summed E-state index contributed by atoms with van der Waals surface area (Å²) in [7, 11) is 6.39. The molecule has 3 heteroatoms. The van der Waals surface area contributed by atoms with Gasteiger partial charge in [-0.3, -0.25) is 0 Å². The van der Waals surface area contributed by atoms with Crippen molar-refractivity contribution in [1.29, 1.82) is 0 Å². The second-order valence-electron chi connectivity index (χ2n) is 6.36. The summed E-state index contributed by atoms with van der Waals surface area (Å²) in [5.41, 5.74) is 4.07. The number of nitrogens with zero attached hydrogens (tertiary/aromatic N) is 2. The van der Waals surface area contributed by atoms with E-state index in [9.17, 15) is 0 Å². The zero-order valence-corrected chi connectivity index (χ0v) is 14.0. The second kappa shape index (κ2) is 8.28. The molecule has 0 amide bonds. The predicted molar refractivity (Wildman–Crippen MR) is 89.5 cm³/mol. The zero-order valence-electron chi connectivity index (χ0n) is 14.0. The third-order valence-electron chi connectivity index (χ3n) is 3.52. The maximum Gasteiger partial charge on any atom is 0.0366 e. The average molecular weight is 277 g/mol. The largest absolute Gasteiger partial charge is 0.373 e. The van der Waals surface area contributed by atoms with Crippen LogP contribution in [-0.4, -0.2) is 45.7 Å². The van der Waals surface area contributed by atoms with Crippen LogP contribution in [0.1, 0.15) is 25.0 Å². The molecule has 114 valence electrons. The van der Waals surface area contributed by atoms with Crippen LogP contribution >= 0.6 is 0 Å². The van der Waals surface area contributed by atoms with Crippen LogP contribution in [0.25, 0.3) is 0 Å². The number of anilines is 1. The summed E-state index contributed by atoms with van der Waals surface area (Å²) in [4.78, 5) is 4.53. The molecule has 0 unspecified atom stereocenters. The molecule has 20 heavy (non-hydrogen) atoms. The van der Waals surface area contributed by atoms with Crippen LogP contribution < -0.4 is 10.2 Å². The third kappa shape index (κ3) is 5.93. The molecule has 0 aromatic heterocycles. The Bertz CT molecular complexity index is 399. The molecule has 0 saturated heterocycles. The van der Waals surface area contributed by atoms with Gasteiger partial charge in [-0.05, 0) is 56.7 Å². The number of rotatable bonds is 8. The van der Waals surface area contributed by atoms with E-state index in [0.29, 0.717) is 5.92 Å². The minimum absolute atomic E-state index is 0.701. The number of aryl methyl sites for hydroxylation is 1. The van der Waals surface area contributed by atoms with Gasteiger partial charge in [0.1, 0.15) is 0 Å². The molecule has 1 rings (SSSR count). The Kier molecular flexibility index (Phi) is 7.03. The van der Waals surface area contributed by atoms with Crippen LogP contribution in [0, 0.1) is 12.8 Å². The van der Waals surface area contributed by atoms with Crippen molar-refractivity contribution in [2.75, 3.05) is 45.7 Å². The molecule has 0 aliphatic rings. The van der Waals surface area contributed by atoms with Crippen molar-refractivity contribution in [3.05, 3.63) is 29.3 Å². The smallest absolute Gasteiger partial charge is 0.0366 e. The van der Waals surface area contributed by atoms with Gasteiger partial charge in [0.05, 0.1) is 0 Å². The Balaban J connectivity index is 2.58. The quantitative estimate of drug-likeness (QED) is 0.788. The number of hydrogen-bond acceptors (Lipinski definition) is 3. The molecule has 1 aromatic rings. The molecule has 0 saturated carbocycles. The third-order valence-corrected chi connectivity index (χ3v) is 3.52. The number of likely N-dealkylation sites (N-methyl/N-ethyl adjacent to an activating group) is 2. The highest BCUT2D eigenvalue weighted by Gasteiger charge is 2.05. The van der Waals surface area contributed by atoms with Crippen LogP contribution in [-0.2, 0) is 6.54 Å². The zero-order chi connectivity index (χ0) is 15.1. The Morgan fingerprint density at radius 3 is 2.35 bits per heavy atom. The van der Waals surface area contributed by atoms with E-state index < -0.39 is 0 Å². The van der Waals surface area contributed by atoms with Gasteiger partial charge >= 0.3 is 0 Å². The lowest BCUT2D eigenvalue weighted by Gasteiger charge is -2.22. The molecular weight excluding hydrogens is 246 g/mol. The van der Waals surface area contributed by atoms with Crippen molar-refractivity contribution < 1.29 is 0 Å². The van der Waals surface area contributed by atoms with Gasteiger partial charge in [-0.25, -0.2) is 0 Å². The first kappa shape index (κ1) is 17.0. The summed E-state index contributed by atoms with van der Waals surface area (Å²) in [5, 5.41) is 3.51. The lowest BCUT2D eigenvalue weighted by atomic mass is 10.1. The van der Waals surface area contributed by atoms with Gasteiger partial charge in [0, 0.05) is 32.4 Å². The molecule has 0 spiro atoms. The minimum atomic E-state index is 0.701. The van der Waals surface area contributed by atoms with E-state index in [4.69, 9.17) is 0 Å². The molecule has 0 radical (unpaired) electrons. The van der Waals surface area contributed by atoms with Gasteiger partial charge in [-0.2, -0.15) is 0 Å². The van der Waals surface area contributed by atoms with E-state index >= 15 is 0 Å². The van der Waals surface area contributed by atoms with E-state index in [0.717, 1.165) is 26.2 Å². The number of benzene rings is 1. The van der Waals surface area contributed by atoms with Crippen molar-refractivity contribution in [3.63, 3.8) is 0 Å².